The van der Waals surface area contributed by atoms with E-state index in [4.69, 9.17) is 4.74 Å². The molecule has 1 saturated carbocycles. The molecule has 0 bridgehead atoms. The van der Waals surface area contributed by atoms with Crippen LogP contribution in [0.2, 0.25) is 0 Å². The largest absolute Gasteiger partial charge is 0.379 e. The first kappa shape index (κ1) is 15.3. The normalized spacial score (nSPS) is 26.4. The minimum Gasteiger partial charge on any atom is -0.379 e. The summed E-state index contributed by atoms with van der Waals surface area (Å²) >= 11 is 0. The number of ether oxygens (including phenoxy) is 1. The predicted molar refractivity (Wildman–Crippen MR) is 80.6 cm³/mol. The summed E-state index contributed by atoms with van der Waals surface area (Å²) in [5.74, 6) is 0. The van der Waals surface area contributed by atoms with Gasteiger partial charge in [0.1, 0.15) is 0 Å². The Morgan fingerprint density at radius 1 is 1.16 bits per heavy atom. The molecule has 0 aromatic rings. The molecule has 1 aliphatic heterocycles. The van der Waals surface area contributed by atoms with Crippen LogP contribution < -0.4 is 5.32 Å². The van der Waals surface area contributed by atoms with Gasteiger partial charge in [0.15, 0.2) is 0 Å². The standard InChI is InChI=1S/C16H32N2O/c1-14(2)19-11-7-10-18-12-15(3,4)17-16(13-18)8-5-6-9-16/h14,17H,5-13H2,1-4H3. The van der Waals surface area contributed by atoms with Gasteiger partial charge in [-0.15, -0.1) is 0 Å². The van der Waals surface area contributed by atoms with Gasteiger partial charge in [-0.05, 0) is 47.0 Å². The van der Waals surface area contributed by atoms with E-state index in [2.05, 4.69) is 37.9 Å². The van der Waals surface area contributed by atoms with E-state index in [9.17, 15) is 0 Å². The maximum absolute atomic E-state index is 5.66. The lowest BCUT2D eigenvalue weighted by Crippen LogP contribution is -2.68. The van der Waals surface area contributed by atoms with Gasteiger partial charge in [-0.3, -0.25) is 4.90 Å². The SMILES string of the molecule is CC(C)OCCCN1CC(C)(C)NC2(CCCC2)C1. The van der Waals surface area contributed by atoms with Crippen LogP contribution in [0, 0.1) is 0 Å². The topological polar surface area (TPSA) is 24.5 Å². The zero-order valence-electron chi connectivity index (χ0n) is 13.3. The molecule has 3 nitrogen and oxygen atoms in total. The molecule has 1 spiro atoms. The molecule has 1 saturated heterocycles. The molecule has 1 heterocycles. The first-order chi connectivity index (χ1) is 8.91. The Balaban J connectivity index is 1.83. The third kappa shape index (κ3) is 4.44. The Bertz CT molecular complexity index is 282. The predicted octanol–water partition coefficient (Wildman–Crippen LogP) is 2.80. The van der Waals surface area contributed by atoms with Crippen LogP contribution in [0.5, 0.6) is 0 Å². The van der Waals surface area contributed by atoms with Crippen LogP contribution in [0.3, 0.4) is 0 Å². The van der Waals surface area contributed by atoms with Gasteiger partial charge in [-0.2, -0.15) is 0 Å². The summed E-state index contributed by atoms with van der Waals surface area (Å²) in [4.78, 5) is 2.66. The van der Waals surface area contributed by atoms with Crippen molar-refractivity contribution in [2.24, 2.45) is 0 Å². The molecule has 1 aliphatic carbocycles. The molecule has 0 radical (unpaired) electrons. The van der Waals surface area contributed by atoms with Gasteiger partial charge in [0.05, 0.1) is 6.10 Å². The van der Waals surface area contributed by atoms with Crippen molar-refractivity contribution in [2.75, 3.05) is 26.2 Å². The average Bonchev–Trinajstić information content (AvgIpc) is 2.69. The van der Waals surface area contributed by atoms with Crippen LogP contribution >= 0.6 is 0 Å². The van der Waals surface area contributed by atoms with Crippen LogP contribution in [-0.4, -0.2) is 48.3 Å². The van der Waals surface area contributed by atoms with Crippen molar-refractivity contribution in [1.29, 1.82) is 0 Å². The van der Waals surface area contributed by atoms with Gasteiger partial charge in [0, 0.05) is 37.3 Å². The summed E-state index contributed by atoms with van der Waals surface area (Å²) in [6.07, 6.45) is 7.02. The molecule has 2 fully saturated rings. The second kappa shape index (κ2) is 6.11. The molecular formula is C16H32N2O. The molecule has 19 heavy (non-hydrogen) atoms. The molecule has 0 unspecified atom stereocenters. The highest BCUT2D eigenvalue weighted by atomic mass is 16.5. The maximum Gasteiger partial charge on any atom is 0.0518 e. The van der Waals surface area contributed by atoms with Gasteiger partial charge >= 0.3 is 0 Å². The summed E-state index contributed by atoms with van der Waals surface area (Å²) in [6.45, 7) is 13.4. The third-order valence-electron chi connectivity index (χ3n) is 4.38. The molecule has 112 valence electrons. The molecule has 2 aliphatic rings. The summed E-state index contributed by atoms with van der Waals surface area (Å²) in [7, 11) is 0. The summed E-state index contributed by atoms with van der Waals surface area (Å²) < 4.78 is 5.66. The van der Waals surface area contributed by atoms with Gasteiger partial charge in [0.2, 0.25) is 0 Å². The minimum absolute atomic E-state index is 0.251. The second-order valence-corrected chi connectivity index (χ2v) is 7.48. The van der Waals surface area contributed by atoms with Gasteiger partial charge in [0.25, 0.3) is 0 Å². The fourth-order valence-electron chi connectivity index (χ4n) is 3.94. The number of hydrogen-bond donors (Lipinski definition) is 1. The van der Waals surface area contributed by atoms with Gasteiger partial charge in [-0.1, -0.05) is 12.8 Å². The third-order valence-corrected chi connectivity index (χ3v) is 4.38. The molecule has 0 atom stereocenters. The van der Waals surface area contributed by atoms with E-state index >= 15 is 0 Å². The van der Waals surface area contributed by atoms with Crippen LogP contribution in [0.1, 0.15) is 59.8 Å². The number of hydrogen-bond acceptors (Lipinski definition) is 3. The van der Waals surface area contributed by atoms with E-state index in [1.165, 1.54) is 38.8 Å². The van der Waals surface area contributed by atoms with E-state index in [0.717, 1.165) is 19.6 Å². The second-order valence-electron chi connectivity index (χ2n) is 7.48. The lowest BCUT2D eigenvalue weighted by molar-refractivity contribution is 0.0402. The zero-order chi connectivity index (χ0) is 13.9. The smallest absolute Gasteiger partial charge is 0.0518 e. The van der Waals surface area contributed by atoms with Crippen molar-refractivity contribution in [3.05, 3.63) is 0 Å². The minimum atomic E-state index is 0.251. The first-order valence-corrected chi connectivity index (χ1v) is 8.04. The van der Waals surface area contributed by atoms with Crippen molar-refractivity contribution in [2.45, 2.75) is 77.0 Å². The fraction of sp³-hybridized carbons (Fsp3) is 1.00. The molecule has 2 rings (SSSR count). The van der Waals surface area contributed by atoms with Gasteiger partial charge < -0.3 is 10.1 Å². The van der Waals surface area contributed by atoms with Crippen molar-refractivity contribution in [3.63, 3.8) is 0 Å². The van der Waals surface area contributed by atoms with Crippen molar-refractivity contribution < 1.29 is 4.74 Å². The molecule has 0 amide bonds. The van der Waals surface area contributed by atoms with E-state index in [0.29, 0.717) is 11.6 Å². The average molecular weight is 268 g/mol. The monoisotopic (exact) mass is 268 g/mol. The van der Waals surface area contributed by atoms with Crippen LogP contribution in [-0.2, 0) is 4.74 Å². The highest BCUT2D eigenvalue weighted by molar-refractivity contribution is 5.04. The van der Waals surface area contributed by atoms with E-state index in [1.54, 1.807) is 0 Å². The molecule has 0 aromatic heterocycles. The summed E-state index contributed by atoms with van der Waals surface area (Å²) in [5, 5.41) is 3.93. The van der Waals surface area contributed by atoms with Crippen molar-refractivity contribution in [3.8, 4) is 0 Å². The highest BCUT2D eigenvalue weighted by Gasteiger charge is 2.43. The fourth-order valence-corrected chi connectivity index (χ4v) is 3.94. The molecular weight excluding hydrogens is 236 g/mol. The Hall–Kier alpha value is -0.120. The van der Waals surface area contributed by atoms with E-state index in [1.807, 2.05) is 0 Å². The van der Waals surface area contributed by atoms with Crippen LogP contribution in [0.4, 0.5) is 0 Å². The zero-order valence-corrected chi connectivity index (χ0v) is 13.3. The lowest BCUT2D eigenvalue weighted by atomic mass is 9.87. The summed E-state index contributed by atoms with van der Waals surface area (Å²) in [6, 6.07) is 0. The van der Waals surface area contributed by atoms with Crippen molar-refractivity contribution >= 4 is 0 Å². The number of piperazine rings is 1. The van der Waals surface area contributed by atoms with Gasteiger partial charge in [-0.25, -0.2) is 0 Å². The van der Waals surface area contributed by atoms with Crippen molar-refractivity contribution in [1.82, 2.24) is 10.2 Å². The molecule has 1 N–H and O–H groups in total. The molecule has 0 aromatic carbocycles. The number of nitrogens with zero attached hydrogens (tertiary/aromatic N) is 1. The van der Waals surface area contributed by atoms with E-state index in [-0.39, 0.29) is 5.54 Å². The number of rotatable bonds is 5. The maximum atomic E-state index is 5.66. The Morgan fingerprint density at radius 3 is 2.47 bits per heavy atom. The van der Waals surface area contributed by atoms with Crippen LogP contribution in [0.25, 0.3) is 0 Å². The Morgan fingerprint density at radius 2 is 1.84 bits per heavy atom. The Kier molecular flexibility index (Phi) is 4.91. The lowest BCUT2D eigenvalue weighted by Gasteiger charge is -2.50. The Labute approximate surface area is 119 Å². The van der Waals surface area contributed by atoms with E-state index < -0.39 is 0 Å². The number of nitrogens with one attached hydrogen (secondary N) is 1. The first-order valence-electron chi connectivity index (χ1n) is 8.04. The summed E-state index contributed by atoms with van der Waals surface area (Å²) in [5.41, 5.74) is 0.655. The quantitative estimate of drug-likeness (QED) is 0.776. The molecule has 3 heteroatoms. The van der Waals surface area contributed by atoms with Crippen LogP contribution in [0.15, 0.2) is 0 Å². The highest BCUT2D eigenvalue weighted by Crippen LogP contribution is 2.35.